The SMILES string of the molecule is CC/C=C\C/C=C\C/C=C\C/C=C\C/C=C\C/C=C\CCC(=O)O[C@H](COC(=O)CCCCCCC/C=C\CCCCCCCC)COP(=O)(O)OC[C@@H](O)COP(=O)(O)OC[C@@H](COC(=O)CCCCCCCCC/C=C\CCCCCC)OC(=O)CCC/C=C\C/C=C\C/C=C\C/C=C\CCCCC. The molecular weight excluding hydrogens is 1380 g/mol. The standard InChI is InChI=1S/C87H146O17P2/c1-5-9-13-17-21-25-29-33-37-39-40-42-46-50-54-58-62-66-70-74-87(92)104-83(78-98-85(90)72-68-64-60-56-52-48-44-36-32-28-24-20-16-12-8-4)80-102-106(95,96)100-76-81(88)75-99-105(93,94)101-79-82(77-97-84(89)71-67-63-59-55-51-47-43-35-31-27-23-19-15-11-7-3)103-86(91)73-69-65-61-57-53-49-45-41-38-34-30-26-22-18-14-10-6-2/h9,13,21-22,25-27,31,33-34,36-38,40,42,44-45,49-50,54,57,61-62,66,81-83,88H,5-8,10-12,14-20,23-24,28-30,32,35,39,41,43,46-48,51-53,55-56,58-60,63-65,67-80H2,1-4H3,(H,93,94)(H,95,96)/b13-9-,25-21-,26-22-,31-27-,37-33-,38-34-,42-40-,44-36-,49-45-,54-50-,61-57-,66-62-/t81-,82+,83+/m0/s1. The molecule has 0 aliphatic heterocycles. The predicted molar refractivity (Wildman–Crippen MR) is 436 cm³/mol. The maximum absolute atomic E-state index is 13.1. The summed E-state index contributed by atoms with van der Waals surface area (Å²) in [6.07, 6.45) is 89.9. The predicted octanol–water partition coefficient (Wildman–Crippen LogP) is 24.2. The molecule has 0 aliphatic rings. The summed E-state index contributed by atoms with van der Waals surface area (Å²) in [5, 5.41) is 10.6. The Morgan fingerprint density at radius 3 is 0.877 bits per heavy atom. The van der Waals surface area contributed by atoms with Gasteiger partial charge in [-0.3, -0.25) is 37.3 Å². The van der Waals surface area contributed by atoms with Gasteiger partial charge in [0.1, 0.15) is 19.3 Å². The number of phosphoric ester groups is 2. The highest BCUT2D eigenvalue weighted by atomic mass is 31.2. The second-order valence-electron chi connectivity index (χ2n) is 27.0. The van der Waals surface area contributed by atoms with Gasteiger partial charge in [-0.25, -0.2) is 9.13 Å². The minimum atomic E-state index is -5.01. The number of hydrogen-bond acceptors (Lipinski definition) is 15. The molecule has 0 aromatic rings. The highest BCUT2D eigenvalue weighted by Crippen LogP contribution is 2.45. The lowest BCUT2D eigenvalue weighted by molar-refractivity contribution is -0.161. The van der Waals surface area contributed by atoms with Crippen molar-refractivity contribution >= 4 is 39.5 Å². The molecule has 106 heavy (non-hydrogen) atoms. The number of unbranched alkanes of at least 4 members (excludes halogenated alkanes) is 26. The van der Waals surface area contributed by atoms with E-state index in [4.69, 9.17) is 37.0 Å². The van der Waals surface area contributed by atoms with Crippen LogP contribution in [0.3, 0.4) is 0 Å². The second-order valence-corrected chi connectivity index (χ2v) is 29.9. The first kappa shape index (κ1) is 101. The fourth-order valence-electron chi connectivity index (χ4n) is 10.5. The van der Waals surface area contributed by atoms with E-state index < -0.39 is 97.5 Å². The lowest BCUT2D eigenvalue weighted by Crippen LogP contribution is -2.30. The number of rotatable bonds is 76. The van der Waals surface area contributed by atoms with Crippen molar-refractivity contribution in [2.75, 3.05) is 39.6 Å². The van der Waals surface area contributed by atoms with Crippen LogP contribution in [-0.2, 0) is 65.4 Å². The van der Waals surface area contributed by atoms with Crippen molar-refractivity contribution in [2.45, 2.75) is 341 Å². The molecule has 0 fully saturated rings. The molecule has 0 saturated heterocycles. The number of hydrogen-bond donors (Lipinski definition) is 3. The first-order chi connectivity index (χ1) is 51.7. The molecule has 0 amide bonds. The van der Waals surface area contributed by atoms with Gasteiger partial charge in [-0.1, -0.05) is 289 Å². The van der Waals surface area contributed by atoms with Crippen molar-refractivity contribution in [3.63, 3.8) is 0 Å². The molecule has 0 aromatic heterocycles. The third-order valence-corrected chi connectivity index (χ3v) is 18.7. The number of esters is 4. The Balaban J connectivity index is 5.50. The van der Waals surface area contributed by atoms with E-state index in [0.29, 0.717) is 38.5 Å². The fourth-order valence-corrected chi connectivity index (χ4v) is 12.1. The van der Waals surface area contributed by atoms with Crippen LogP contribution in [0.25, 0.3) is 0 Å². The van der Waals surface area contributed by atoms with Gasteiger partial charge in [-0.05, 0) is 154 Å². The van der Waals surface area contributed by atoms with E-state index in [1.54, 1.807) is 0 Å². The smallest absolute Gasteiger partial charge is 0.462 e. The zero-order chi connectivity index (χ0) is 77.4. The number of ether oxygens (including phenoxy) is 4. The normalized spacial score (nSPS) is 14.6. The van der Waals surface area contributed by atoms with Crippen LogP contribution in [0.1, 0.15) is 323 Å². The van der Waals surface area contributed by atoms with Crippen LogP contribution < -0.4 is 0 Å². The molecule has 17 nitrogen and oxygen atoms in total. The molecule has 0 spiro atoms. The summed E-state index contributed by atoms with van der Waals surface area (Å²) in [4.78, 5) is 73.0. The van der Waals surface area contributed by atoms with Crippen LogP contribution in [0, 0.1) is 0 Å². The number of phosphoric acid groups is 2. The Morgan fingerprint density at radius 2 is 0.519 bits per heavy atom. The molecule has 0 rings (SSSR count). The van der Waals surface area contributed by atoms with E-state index >= 15 is 0 Å². The van der Waals surface area contributed by atoms with Crippen LogP contribution in [-0.4, -0.2) is 96.7 Å². The lowest BCUT2D eigenvalue weighted by Gasteiger charge is -2.21. The summed E-state index contributed by atoms with van der Waals surface area (Å²) >= 11 is 0. The molecule has 19 heteroatoms. The number of aliphatic hydroxyl groups is 1. The van der Waals surface area contributed by atoms with E-state index in [2.05, 4.69) is 143 Å². The molecule has 0 heterocycles. The van der Waals surface area contributed by atoms with Crippen LogP contribution >= 0.6 is 15.6 Å². The Hall–Kier alpha value is -5.06. The van der Waals surface area contributed by atoms with E-state index in [1.165, 1.54) is 89.9 Å². The third-order valence-electron chi connectivity index (χ3n) is 16.8. The van der Waals surface area contributed by atoms with Crippen molar-refractivity contribution in [1.82, 2.24) is 0 Å². The van der Waals surface area contributed by atoms with Gasteiger partial charge in [0.25, 0.3) is 0 Å². The number of carbonyl (C=O) groups excluding carboxylic acids is 4. The van der Waals surface area contributed by atoms with E-state index in [-0.39, 0.29) is 25.7 Å². The molecule has 0 saturated carbocycles. The molecule has 5 atom stereocenters. The van der Waals surface area contributed by atoms with Gasteiger partial charge in [0.15, 0.2) is 12.2 Å². The van der Waals surface area contributed by atoms with Gasteiger partial charge >= 0.3 is 39.5 Å². The van der Waals surface area contributed by atoms with Crippen molar-refractivity contribution in [1.29, 1.82) is 0 Å². The summed E-state index contributed by atoms with van der Waals surface area (Å²) < 4.78 is 68.5. The Labute approximate surface area is 643 Å². The summed E-state index contributed by atoms with van der Waals surface area (Å²) in [7, 11) is -10.0. The minimum Gasteiger partial charge on any atom is -0.462 e. The Bertz CT molecular complexity index is 2580. The van der Waals surface area contributed by atoms with Crippen LogP contribution in [0.2, 0.25) is 0 Å². The number of allylic oxidation sites excluding steroid dienone is 24. The third kappa shape index (κ3) is 77.1. The quantitative estimate of drug-likeness (QED) is 0.0169. The molecule has 0 bridgehead atoms. The highest BCUT2D eigenvalue weighted by molar-refractivity contribution is 7.47. The summed E-state index contributed by atoms with van der Waals surface area (Å²) in [6.45, 7) is 4.57. The van der Waals surface area contributed by atoms with Gasteiger partial charge in [-0.2, -0.15) is 0 Å². The largest absolute Gasteiger partial charge is 0.472 e. The number of aliphatic hydroxyl groups excluding tert-OH is 1. The number of carbonyl (C=O) groups is 4. The lowest BCUT2D eigenvalue weighted by atomic mass is 10.1. The topological polar surface area (TPSA) is 237 Å². The van der Waals surface area contributed by atoms with Crippen LogP contribution in [0.5, 0.6) is 0 Å². The van der Waals surface area contributed by atoms with Crippen molar-refractivity contribution in [3.8, 4) is 0 Å². The second kappa shape index (κ2) is 78.1. The summed E-state index contributed by atoms with van der Waals surface area (Å²) in [6, 6.07) is 0. The molecule has 0 aliphatic carbocycles. The monoisotopic (exact) mass is 1530 g/mol. The van der Waals surface area contributed by atoms with Crippen molar-refractivity contribution in [3.05, 3.63) is 146 Å². The minimum absolute atomic E-state index is 0.0134. The molecule has 3 N–H and O–H groups in total. The zero-order valence-electron chi connectivity index (χ0n) is 66.3. The first-order valence-corrected chi connectivity index (χ1v) is 44.1. The molecule has 0 radical (unpaired) electrons. The van der Waals surface area contributed by atoms with E-state index in [0.717, 1.165) is 141 Å². The maximum Gasteiger partial charge on any atom is 0.472 e. The first-order valence-electron chi connectivity index (χ1n) is 41.1. The average Bonchev–Trinajstić information content (AvgIpc) is 0.906. The Morgan fingerprint density at radius 1 is 0.274 bits per heavy atom. The summed E-state index contributed by atoms with van der Waals surface area (Å²) in [5.41, 5.74) is 0. The molecule has 0 aromatic carbocycles. The van der Waals surface area contributed by atoms with Gasteiger partial charge in [0.05, 0.1) is 26.4 Å². The molecular formula is C87H146O17P2. The van der Waals surface area contributed by atoms with Crippen molar-refractivity contribution < 1.29 is 80.2 Å². The Kier molecular flexibility index (Phi) is 74.3. The molecule has 2 unspecified atom stereocenters. The maximum atomic E-state index is 13.1. The van der Waals surface area contributed by atoms with E-state index in [9.17, 15) is 43.2 Å². The van der Waals surface area contributed by atoms with Gasteiger partial charge < -0.3 is 33.8 Å². The molecule has 606 valence electrons. The van der Waals surface area contributed by atoms with Gasteiger partial charge in [0, 0.05) is 25.7 Å². The average molecular weight is 1530 g/mol. The highest BCUT2D eigenvalue weighted by Gasteiger charge is 2.30. The van der Waals surface area contributed by atoms with Crippen LogP contribution in [0.4, 0.5) is 0 Å². The van der Waals surface area contributed by atoms with Gasteiger partial charge in [-0.15, -0.1) is 0 Å². The van der Waals surface area contributed by atoms with Gasteiger partial charge in [0.2, 0.25) is 0 Å². The van der Waals surface area contributed by atoms with E-state index in [1.807, 2.05) is 30.4 Å². The fraction of sp³-hybridized carbons (Fsp3) is 0.678. The zero-order valence-corrected chi connectivity index (χ0v) is 68.1. The van der Waals surface area contributed by atoms with Crippen LogP contribution in [0.15, 0.2) is 146 Å². The summed E-state index contributed by atoms with van der Waals surface area (Å²) in [5.74, 6) is -2.35. The van der Waals surface area contributed by atoms with Crippen molar-refractivity contribution in [2.24, 2.45) is 0 Å².